The molecule has 2 aliphatic carbocycles. The molecule has 0 radical (unpaired) electrons. The second-order valence-corrected chi connectivity index (χ2v) is 8.21. The van der Waals surface area contributed by atoms with Crippen molar-refractivity contribution in [2.45, 2.75) is 30.1 Å². The van der Waals surface area contributed by atoms with Gasteiger partial charge in [0.15, 0.2) is 0 Å². The first-order valence-electron chi connectivity index (χ1n) is 5.80. The van der Waals surface area contributed by atoms with Crippen molar-refractivity contribution in [1.29, 1.82) is 0 Å². The summed E-state index contributed by atoms with van der Waals surface area (Å²) in [6, 6.07) is 0. The number of carbonyl (C=O) groups is 1. The van der Waals surface area contributed by atoms with Crippen LogP contribution in [0.25, 0.3) is 0 Å². The van der Waals surface area contributed by atoms with E-state index in [1.54, 1.807) is 0 Å². The third kappa shape index (κ3) is 1.31. The van der Waals surface area contributed by atoms with Gasteiger partial charge in [-0.15, -0.1) is 0 Å². The van der Waals surface area contributed by atoms with Crippen LogP contribution in [0.15, 0.2) is 0 Å². The van der Waals surface area contributed by atoms with E-state index in [1.807, 2.05) is 0 Å². The molecule has 5 atom stereocenters. The predicted octanol–water partition coefficient (Wildman–Crippen LogP) is -1.32. The first kappa shape index (κ1) is 10.4. The van der Waals surface area contributed by atoms with Crippen LogP contribution in [0, 0.1) is 23.2 Å². The van der Waals surface area contributed by atoms with Gasteiger partial charge in [-0.1, -0.05) is 0 Å². The van der Waals surface area contributed by atoms with Gasteiger partial charge in [-0.3, -0.25) is 0 Å². The van der Waals surface area contributed by atoms with E-state index in [9.17, 15) is 4.79 Å². The number of cyclic esters (lactones) is 1. The van der Waals surface area contributed by atoms with Crippen LogP contribution in [0.5, 0.6) is 0 Å². The van der Waals surface area contributed by atoms with Crippen molar-refractivity contribution in [3.8, 4) is 0 Å². The first-order chi connectivity index (χ1) is 7.16. The van der Waals surface area contributed by atoms with Gasteiger partial charge >= 0.3 is 102 Å². The summed E-state index contributed by atoms with van der Waals surface area (Å²) in [7, 11) is 0. The Balaban J connectivity index is 1.85. The van der Waals surface area contributed by atoms with Crippen LogP contribution < -0.4 is 21.2 Å². The molecule has 1 aliphatic heterocycles. The Morgan fingerprint density at radius 2 is 2.33 bits per heavy atom. The van der Waals surface area contributed by atoms with Crippen LogP contribution in [0.2, 0.25) is 0 Å². The van der Waals surface area contributed by atoms with Crippen LogP contribution in [0.4, 0.5) is 0 Å². The summed E-state index contributed by atoms with van der Waals surface area (Å²) >= 11 is 0.378. The average molecular weight is 321 g/mol. The molecule has 0 aromatic rings. The van der Waals surface area contributed by atoms with Gasteiger partial charge in [0, 0.05) is 0 Å². The number of carbonyl (C=O) groups excluding carboxylic acids is 1. The molecule has 0 amide bonds. The van der Waals surface area contributed by atoms with Crippen molar-refractivity contribution in [2.24, 2.45) is 23.2 Å². The molecule has 0 aromatic carbocycles. The van der Waals surface area contributed by atoms with Crippen LogP contribution in [0.1, 0.15) is 26.2 Å². The molecule has 0 aromatic heterocycles. The second-order valence-electron chi connectivity index (χ2n) is 5.53. The van der Waals surface area contributed by atoms with E-state index in [0.29, 0.717) is 27.6 Å². The fourth-order valence-electron chi connectivity index (χ4n) is 4.36. The SMILES string of the molecule is C[I-]C1C2CC(C1C)C1(COC(=O)C1)C2. The third-order valence-corrected chi connectivity index (χ3v) is 8.46. The van der Waals surface area contributed by atoms with Gasteiger partial charge in [-0.05, 0) is 0 Å². The number of halogens is 1. The molecule has 1 heterocycles. The van der Waals surface area contributed by atoms with Gasteiger partial charge in [-0.2, -0.15) is 0 Å². The first-order valence-corrected chi connectivity index (χ1v) is 9.20. The van der Waals surface area contributed by atoms with Crippen LogP contribution in [-0.2, 0) is 9.53 Å². The molecule has 2 nitrogen and oxygen atoms in total. The number of hydrogen-bond acceptors (Lipinski definition) is 2. The molecule has 3 fully saturated rings. The summed E-state index contributed by atoms with van der Waals surface area (Å²) in [6.07, 6.45) is 3.38. The molecule has 86 valence electrons. The van der Waals surface area contributed by atoms with Gasteiger partial charge in [-0.25, -0.2) is 0 Å². The van der Waals surface area contributed by atoms with Crippen LogP contribution >= 0.6 is 0 Å². The Morgan fingerprint density at radius 1 is 1.53 bits per heavy atom. The number of ether oxygens (including phenoxy) is 1. The zero-order valence-electron chi connectivity index (χ0n) is 9.33. The number of hydrogen-bond donors (Lipinski definition) is 0. The second kappa shape index (κ2) is 3.34. The monoisotopic (exact) mass is 321 g/mol. The summed E-state index contributed by atoms with van der Waals surface area (Å²) in [5.41, 5.74) is 0.274. The van der Waals surface area contributed by atoms with Crippen molar-refractivity contribution in [3.63, 3.8) is 0 Å². The van der Waals surface area contributed by atoms with Crippen molar-refractivity contribution in [3.05, 3.63) is 0 Å². The fraction of sp³-hybridized carbons (Fsp3) is 0.917. The zero-order chi connectivity index (χ0) is 10.6. The van der Waals surface area contributed by atoms with Gasteiger partial charge in [0.1, 0.15) is 0 Å². The summed E-state index contributed by atoms with van der Waals surface area (Å²) in [5, 5.41) is 0. The fourth-order valence-corrected chi connectivity index (χ4v) is 7.56. The zero-order valence-corrected chi connectivity index (χ0v) is 11.5. The van der Waals surface area contributed by atoms with Crippen molar-refractivity contribution >= 4 is 5.97 Å². The summed E-state index contributed by atoms with van der Waals surface area (Å²) in [4.78, 5) is 13.7. The van der Waals surface area contributed by atoms with Crippen molar-refractivity contribution < 1.29 is 30.7 Å². The van der Waals surface area contributed by atoms with Crippen molar-refractivity contribution in [2.75, 3.05) is 11.5 Å². The quantitative estimate of drug-likeness (QED) is 0.340. The molecule has 0 N–H and O–H groups in total. The molecule has 2 bridgehead atoms. The Morgan fingerprint density at radius 3 is 2.87 bits per heavy atom. The predicted molar refractivity (Wildman–Crippen MR) is 53.1 cm³/mol. The molecule has 3 aliphatic rings. The molecular weight excluding hydrogens is 303 g/mol. The maximum absolute atomic E-state index is 11.3. The molecule has 1 saturated heterocycles. The number of alkyl halides is 2. The molecule has 5 unspecified atom stereocenters. The van der Waals surface area contributed by atoms with E-state index in [1.165, 1.54) is 12.8 Å². The third-order valence-electron chi connectivity index (χ3n) is 4.87. The maximum atomic E-state index is 11.3. The minimum absolute atomic E-state index is 0.0532. The van der Waals surface area contributed by atoms with Gasteiger partial charge < -0.3 is 0 Å². The van der Waals surface area contributed by atoms with E-state index in [0.717, 1.165) is 28.3 Å². The number of esters is 1. The summed E-state index contributed by atoms with van der Waals surface area (Å²) < 4.78 is 6.25. The van der Waals surface area contributed by atoms with E-state index < -0.39 is 0 Å². The Bertz CT molecular complexity index is 302. The normalized spacial score (nSPS) is 53.1. The van der Waals surface area contributed by atoms with Gasteiger partial charge in [0.25, 0.3) is 0 Å². The van der Waals surface area contributed by atoms with E-state index in [4.69, 9.17) is 4.74 Å². The summed E-state index contributed by atoms with van der Waals surface area (Å²) in [5.74, 6) is 2.63. The summed E-state index contributed by atoms with van der Waals surface area (Å²) in [6.45, 7) is 3.15. The Hall–Kier alpha value is 0.200. The van der Waals surface area contributed by atoms with Crippen molar-refractivity contribution in [1.82, 2.24) is 0 Å². The van der Waals surface area contributed by atoms with Gasteiger partial charge in [0.05, 0.1) is 0 Å². The van der Waals surface area contributed by atoms with E-state index in [-0.39, 0.29) is 11.4 Å². The average Bonchev–Trinajstić information content (AvgIpc) is 2.81. The molecule has 3 rings (SSSR count). The number of rotatable bonds is 1. The Labute approximate surface area is 101 Å². The van der Waals surface area contributed by atoms with E-state index in [2.05, 4.69) is 11.9 Å². The topological polar surface area (TPSA) is 26.3 Å². The molecular formula is C12H18IO2-. The van der Waals surface area contributed by atoms with E-state index >= 15 is 0 Å². The van der Waals surface area contributed by atoms with Gasteiger partial charge in [0.2, 0.25) is 0 Å². The molecule has 2 saturated carbocycles. The number of fused-ring (bicyclic) bond motifs is 3. The Kier molecular flexibility index (Phi) is 2.31. The van der Waals surface area contributed by atoms with Crippen LogP contribution in [0.3, 0.4) is 0 Å². The standard InChI is InChI=1S/C12H18IO2/c1-7-9-3-8(11(7)13-2)4-12(9)5-10(14)15-6-12/h7-9,11H,3-6H2,1-2H3/q-1. The van der Waals surface area contributed by atoms with Crippen LogP contribution in [-0.4, -0.2) is 21.4 Å². The minimum atomic E-state index is 0.0532. The molecule has 15 heavy (non-hydrogen) atoms. The molecule has 3 heteroatoms. The molecule has 1 spiro atoms.